The fraction of sp³-hybridized carbons (Fsp3) is 0.286. The van der Waals surface area contributed by atoms with Gasteiger partial charge >= 0.3 is 5.97 Å². The van der Waals surface area contributed by atoms with Gasteiger partial charge in [-0.15, -0.1) is 0 Å². The highest BCUT2D eigenvalue weighted by atomic mass is 16.5. The monoisotopic (exact) mass is 366 g/mol. The molecule has 0 saturated heterocycles. The minimum atomic E-state index is -1.11. The van der Waals surface area contributed by atoms with Gasteiger partial charge in [0.05, 0.1) is 18.4 Å². The molecule has 2 N–H and O–H groups in total. The van der Waals surface area contributed by atoms with Gasteiger partial charge in [-0.2, -0.15) is 0 Å². The van der Waals surface area contributed by atoms with Gasteiger partial charge in [-0.1, -0.05) is 24.3 Å². The Morgan fingerprint density at radius 2 is 1.48 bits per heavy atom. The Balaban J connectivity index is 1.78. The molecule has 0 unspecified atom stereocenters. The van der Waals surface area contributed by atoms with Gasteiger partial charge in [-0.3, -0.25) is 9.59 Å². The van der Waals surface area contributed by atoms with Crippen LogP contribution >= 0.6 is 0 Å². The molecule has 0 heterocycles. The molecule has 140 valence electrons. The molecule has 0 aromatic heterocycles. The van der Waals surface area contributed by atoms with Gasteiger partial charge in [0.25, 0.3) is 0 Å². The van der Waals surface area contributed by atoms with Gasteiger partial charge in [0, 0.05) is 5.69 Å². The summed E-state index contributed by atoms with van der Waals surface area (Å²) in [6, 6.07) is 12.2. The van der Waals surface area contributed by atoms with Crippen LogP contribution in [0.15, 0.2) is 42.5 Å². The highest BCUT2D eigenvalue weighted by Crippen LogP contribution is 2.47. The molecule has 6 heteroatoms. The average molecular weight is 366 g/mol. The molecule has 6 nitrogen and oxygen atoms in total. The molecule has 0 spiro atoms. The lowest BCUT2D eigenvalue weighted by Crippen LogP contribution is -2.36. The van der Waals surface area contributed by atoms with Crippen LogP contribution in [0.4, 0.5) is 11.4 Å². The van der Waals surface area contributed by atoms with Gasteiger partial charge in [0.15, 0.2) is 0 Å². The van der Waals surface area contributed by atoms with Gasteiger partial charge in [0.2, 0.25) is 11.8 Å². The number of aryl methyl sites for hydroxylation is 1. The van der Waals surface area contributed by atoms with Crippen molar-refractivity contribution in [2.24, 2.45) is 5.41 Å². The van der Waals surface area contributed by atoms with Gasteiger partial charge in [-0.05, 0) is 56.0 Å². The smallest absolute Gasteiger partial charge is 0.339 e. The number of amides is 2. The number of hydrogen-bond donors (Lipinski definition) is 2. The van der Waals surface area contributed by atoms with Crippen LogP contribution < -0.4 is 10.6 Å². The second kappa shape index (κ2) is 7.23. The summed E-state index contributed by atoms with van der Waals surface area (Å²) in [4.78, 5) is 37.5. The third kappa shape index (κ3) is 3.56. The minimum absolute atomic E-state index is 0.249. The van der Waals surface area contributed by atoms with E-state index >= 15 is 0 Å². The number of anilines is 2. The number of rotatable bonds is 5. The molecule has 2 aromatic carbocycles. The van der Waals surface area contributed by atoms with E-state index in [1.54, 1.807) is 24.3 Å². The van der Waals surface area contributed by atoms with Crippen molar-refractivity contribution in [3.05, 3.63) is 59.2 Å². The Labute approximate surface area is 157 Å². The molecule has 1 aliphatic rings. The Bertz CT molecular complexity index is 916. The third-order valence-electron chi connectivity index (χ3n) is 5.05. The van der Waals surface area contributed by atoms with E-state index in [0.717, 1.165) is 11.1 Å². The molecule has 27 heavy (non-hydrogen) atoms. The molecule has 1 saturated carbocycles. The topological polar surface area (TPSA) is 84.5 Å². The fourth-order valence-corrected chi connectivity index (χ4v) is 2.93. The van der Waals surface area contributed by atoms with Crippen molar-refractivity contribution in [3.63, 3.8) is 0 Å². The summed E-state index contributed by atoms with van der Waals surface area (Å²) < 4.78 is 4.74. The van der Waals surface area contributed by atoms with Crippen molar-refractivity contribution < 1.29 is 19.1 Å². The first kappa shape index (κ1) is 18.6. The van der Waals surface area contributed by atoms with E-state index in [0.29, 0.717) is 24.2 Å². The predicted molar refractivity (Wildman–Crippen MR) is 103 cm³/mol. The number of benzene rings is 2. The van der Waals surface area contributed by atoms with E-state index in [1.807, 2.05) is 32.0 Å². The van der Waals surface area contributed by atoms with Gasteiger partial charge in [0.1, 0.15) is 5.41 Å². The van der Waals surface area contributed by atoms with E-state index < -0.39 is 17.3 Å². The van der Waals surface area contributed by atoms with Crippen molar-refractivity contribution in [1.29, 1.82) is 0 Å². The molecule has 3 rings (SSSR count). The third-order valence-corrected chi connectivity index (χ3v) is 5.05. The average Bonchev–Trinajstić information content (AvgIpc) is 3.47. The van der Waals surface area contributed by atoms with E-state index in [9.17, 15) is 14.4 Å². The largest absolute Gasteiger partial charge is 0.465 e. The lowest BCUT2D eigenvalue weighted by molar-refractivity contribution is -0.131. The highest BCUT2D eigenvalue weighted by molar-refractivity contribution is 6.18. The molecule has 2 amide bonds. The number of esters is 1. The second-order valence-electron chi connectivity index (χ2n) is 6.77. The highest BCUT2D eigenvalue weighted by Gasteiger charge is 2.56. The van der Waals surface area contributed by atoms with Crippen LogP contribution in [0, 0.1) is 19.3 Å². The number of nitrogens with one attached hydrogen (secondary N) is 2. The summed E-state index contributed by atoms with van der Waals surface area (Å²) in [5, 5.41) is 5.60. The van der Waals surface area contributed by atoms with E-state index in [1.165, 1.54) is 7.11 Å². The molecular weight excluding hydrogens is 344 g/mol. The van der Waals surface area contributed by atoms with Crippen molar-refractivity contribution in [1.82, 2.24) is 0 Å². The fourth-order valence-electron chi connectivity index (χ4n) is 2.93. The summed E-state index contributed by atoms with van der Waals surface area (Å²) in [5.41, 5.74) is 2.21. The molecule has 0 atom stereocenters. The van der Waals surface area contributed by atoms with Crippen LogP contribution in [0.25, 0.3) is 0 Å². The summed E-state index contributed by atoms with van der Waals surface area (Å²) in [5.74, 6) is -1.29. The van der Waals surface area contributed by atoms with Crippen LogP contribution in [-0.4, -0.2) is 24.9 Å². The van der Waals surface area contributed by atoms with Gasteiger partial charge < -0.3 is 15.4 Å². The molecule has 0 aliphatic heterocycles. The lowest BCUT2D eigenvalue weighted by atomic mass is 10.0. The summed E-state index contributed by atoms with van der Waals surface area (Å²) in [6.07, 6.45) is 0.936. The first-order valence-electron chi connectivity index (χ1n) is 8.75. The molecule has 1 aliphatic carbocycles. The predicted octanol–water partition coefficient (Wildman–Crippen LogP) is 3.45. The van der Waals surface area contributed by atoms with E-state index in [2.05, 4.69) is 10.6 Å². The number of carbonyl (C=O) groups is 3. The van der Waals surface area contributed by atoms with Gasteiger partial charge in [-0.25, -0.2) is 4.79 Å². The number of carbonyl (C=O) groups excluding carboxylic acids is 3. The molecular formula is C21H22N2O4. The minimum Gasteiger partial charge on any atom is -0.465 e. The Morgan fingerprint density at radius 1 is 0.889 bits per heavy atom. The van der Waals surface area contributed by atoms with Crippen molar-refractivity contribution in [2.45, 2.75) is 26.7 Å². The first-order chi connectivity index (χ1) is 12.9. The summed E-state index contributed by atoms with van der Waals surface area (Å²) >= 11 is 0. The van der Waals surface area contributed by atoms with Crippen LogP contribution in [0.1, 0.15) is 34.3 Å². The van der Waals surface area contributed by atoms with Crippen molar-refractivity contribution >= 4 is 29.2 Å². The SMILES string of the molecule is COC(=O)c1ccccc1NC(=O)C1(C(=O)Nc2cccc(C)c2C)CC1. The zero-order valence-electron chi connectivity index (χ0n) is 15.6. The number of methoxy groups -OCH3 is 1. The maximum Gasteiger partial charge on any atom is 0.339 e. The molecule has 0 bridgehead atoms. The van der Waals surface area contributed by atoms with Crippen molar-refractivity contribution in [3.8, 4) is 0 Å². The second-order valence-corrected chi connectivity index (χ2v) is 6.77. The lowest BCUT2D eigenvalue weighted by Gasteiger charge is -2.18. The number of hydrogen-bond acceptors (Lipinski definition) is 4. The first-order valence-corrected chi connectivity index (χ1v) is 8.75. The van der Waals surface area contributed by atoms with Crippen LogP contribution in [0.3, 0.4) is 0 Å². The number of ether oxygens (including phenoxy) is 1. The summed E-state index contributed by atoms with van der Waals surface area (Å²) in [6.45, 7) is 3.89. The molecule has 2 aromatic rings. The molecule has 0 radical (unpaired) electrons. The van der Waals surface area contributed by atoms with Crippen LogP contribution in [-0.2, 0) is 14.3 Å². The van der Waals surface area contributed by atoms with Crippen molar-refractivity contribution in [2.75, 3.05) is 17.7 Å². The Hall–Kier alpha value is -3.15. The molecule has 1 fully saturated rings. The number of para-hydroxylation sites is 1. The maximum atomic E-state index is 12.8. The zero-order chi connectivity index (χ0) is 19.6. The van der Waals surface area contributed by atoms with E-state index in [4.69, 9.17) is 4.74 Å². The quantitative estimate of drug-likeness (QED) is 0.627. The normalized spacial score (nSPS) is 14.2. The summed E-state index contributed by atoms with van der Waals surface area (Å²) in [7, 11) is 1.28. The van der Waals surface area contributed by atoms with Crippen LogP contribution in [0.2, 0.25) is 0 Å². The maximum absolute atomic E-state index is 12.8. The van der Waals surface area contributed by atoms with E-state index in [-0.39, 0.29) is 11.5 Å². The van der Waals surface area contributed by atoms with Crippen LogP contribution in [0.5, 0.6) is 0 Å². The Kier molecular flexibility index (Phi) is 4.99. The Morgan fingerprint density at radius 3 is 2.11 bits per heavy atom. The standard InChI is InChI=1S/C21H22N2O4/c1-13-7-6-10-16(14(13)2)22-19(25)21(11-12-21)20(26)23-17-9-5-4-8-15(17)18(24)27-3/h4-10H,11-12H2,1-3H3,(H,22,25)(H,23,26). The zero-order valence-corrected chi connectivity index (χ0v) is 15.6.